The van der Waals surface area contributed by atoms with Gasteiger partial charge >= 0.3 is 6.18 Å². The maximum atomic E-state index is 13.4. The van der Waals surface area contributed by atoms with E-state index in [4.69, 9.17) is 9.47 Å². The van der Waals surface area contributed by atoms with E-state index in [9.17, 15) is 23.2 Å². The number of aromatic nitrogens is 1. The molecule has 1 N–H and O–H groups in total. The van der Waals surface area contributed by atoms with Gasteiger partial charge in [0.05, 0.1) is 42.5 Å². The van der Waals surface area contributed by atoms with Crippen LogP contribution in [0.1, 0.15) is 16.7 Å². The van der Waals surface area contributed by atoms with Crippen molar-refractivity contribution in [2.75, 3.05) is 25.3 Å². The van der Waals surface area contributed by atoms with Crippen LogP contribution in [0.15, 0.2) is 77.8 Å². The van der Waals surface area contributed by atoms with E-state index < -0.39 is 17.6 Å². The zero-order valence-electron chi connectivity index (χ0n) is 21.8. The molecule has 204 valence electrons. The Kier molecular flexibility index (Phi) is 8.65. The number of nitrogens with one attached hydrogen (secondary N) is 1. The molecule has 0 saturated heterocycles. The third kappa shape index (κ3) is 6.38. The van der Waals surface area contributed by atoms with E-state index in [1.165, 1.54) is 32.4 Å². The molecule has 4 aromatic rings. The smallest absolute Gasteiger partial charge is 0.418 e. The van der Waals surface area contributed by atoms with E-state index in [1.807, 2.05) is 31.2 Å². The van der Waals surface area contributed by atoms with Crippen molar-refractivity contribution < 1.29 is 27.4 Å². The van der Waals surface area contributed by atoms with Crippen LogP contribution in [0.2, 0.25) is 0 Å². The van der Waals surface area contributed by atoms with Crippen molar-refractivity contribution in [2.24, 2.45) is 0 Å². The topological polar surface area (TPSA) is 84.2 Å². The van der Waals surface area contributed by atoms with Gasteiger partial charge in [0.1, 0.15) is 11.1 Å². The van der Waals surface area contributed by atoms with Gasteiger partial charge in [-0.2, -0.15) is 18.4 Å². The van der Waals surface area contributed by atoms with Crippen molar-refractivity contribution >= 4 is 23.4 Å². The molecule has 0 radical (unpaired) electrons. The van der Waals surface area contributed by atoms with E-state index >= 15 is 0 Å². The quantitative estimate of drug-likeness (QED) is 0.226. The van der Waals surface area contributed by atoms with E-state index in [0.29, 0.717) is 28.3 Å². The van der Waals surface area contributed by atoms with Gasteiger partial charge in [0, 0.05) is 11.1 Å². The number of thioether (sulfide) groups is 1. The molecule has 3 aromatic carbocycles. The van der Waals surface area contributed by atoms with Crippen molar-refractivity contribution in [1.29, 1.82) is 5.26 Å². The van der Waals surface area contributed by atoms with Gasteiger partial charge in [-0.25, -0.2) is 4.98 Å². The molecule has 0 atom stereocenters. The number of pyridine rings is 1. The number of hydrogen-bond acceptors (Lipinski definition) is 6. The number of anilines is 1. The van der Waals surface area contributed by atoms with E-state index in [2.05, 4.69) is 16.4 Å². The Morgan fingerprint density at radius 3 is 2.30 bits per heavy atom. The van der Waals surface area contributed by atoms with Gasteiger partial charge < -0.3 is 14.8 Å². The average Bonchev–Trinajstić information content (AvgIpc) is 2.95. The molecule has 0 aliphatic heterocycles. The molecular weight excluding hydrogens is 539 g/mol. The average molecular weight is 564 g/mol. The van der Waals surface area contributed by atoms with E-state index in [-0.39, 0.29) is 22.0 Å². The number of nitriles is 1. The van der Waals surface area contributed by atoms with Crippen LogP contribution in [0.4, 0.5) is 18.9 Å². The van der Waals surface area contributed by atoms with Crippen molar-refractivity contribution in [3.05, 3.63) is 89.5 Å². The van der Waals surface area contributed by atoms with Gasteiger partial charge in [-0.3, -0.25) is 4.79 Å². The summed E-state index contributed by atoms with van der Waals surface area (Å²) in [4.78, 5) is 17.4. The second kappa shape index (κ2) is 12.1. The Morgan fingerprint density at radius 1 is 0.975 bits per heavy atom. The fraction of sp³-hybridized carbons (Fsp3) is 0.167. The number of carbonyl (C=O) groups is 1. The summed E-state index contributed by atoms with van der Waals surface area (Å²) in [7, 11) is 3.03. The SMILES string of the molecule is COc1ccc(-c2cc(-c3ccc(C)cc3)nc(SCC(=O)Nc3ccccc3C(F)(F)F)c2C#N)cc1OC. The second-order valence-corrected chi connectivity index (χ2v) is 9.63. The minimum absolute atomic E-state index is 0.219. The van der Waals surface area contributed by atoms with Crippen LogP contribution in [0, 0.1) is 18.3 Å². The Hall–Kier alpha value is -4.49. The molecule has 0 unspecified atom stereocenters. The highest BCUT2D eigenvalue weighted by molar-refractivity contribution is 8.00. The number of nitrogens with zero attached hydrogens (tertiary/aromatic N) is 2. The predicted octanol–water partition coefficient (Wildman–Crippen LogP) is 7.36. The molecular formula is C30H24F3N3O3S. The van der Waals surface area contributed by atoms with Crippen LogP contribution in [0.5, 0.6) is 11.5 Å². The molecule has 1 heterocycles. The number of para-hydroxylation sites is 1. The summed E-state index contributed by atoms with van der Waals surface area (Å²) >= 11 is 0.968. The molecule has 6 nitrogen and oxygen atoms in total. The number of hydrogen-bond donors (Lipinski definition) is 1. The maximum Gasteiger partial charge on any atom is 0.418 e. The molecule has 0 fully saturated rings. The number of benzene rings is 3. The fourth-order valence-electron chi connectivity index (χ4n) is 4.00. The summed E-state index contributed by atoms with van der Waals surface area (Å²) < 4.78 is 50.9. The van der Waals surface area contributed by atoms with Crippen molar-refractivity contribution in [1.82, 2.24) is 4.98 Å². The van der Waals surface area contributed by atoms with Crippen LogP contribution in [0.3, 0.4) is 0 Å². The third-order valence-electron chi connectivity index (χ3n) is 5.99. The Bertz CT molecular complexity index is 1580. The van der Waals surface area contributed by atoms with E-state index in [0.717, 1.165) is 29.0 Å². The third-order valence-corrected chi connectivity index (χ3v) is 6.96. The number of amides is 1. The fourth-order valence-corrected chi connectivity index (χ4v) is 4.80. The highest BCUT2D eigenvalue weighted by atomic mass is 32.2. The van der Waals surface area contributed by atoms with Crippen molar-refractivity contribution in [2.45, 2.75) is 18.1 Å². The van der Waals surface area contributed by atoms with Crippen LogP contribution in [-0.2, 0) is 11.0 Å². The standard InChI is InChI=1S/C30H24F3N3O3S/c1-18-8-10-19(11-9-18)25-15-21(20-12-13-26(38-2)27(14-20)39-3)22(16-34)29(36-25)40-17-28(37)35-24-7-5-4-6-23(24)30(31,32)33/h4-15H,17H2,1-3H3,(H,35,37). The summed E-state index contributed by atoms with van der Waals surface area (Å²) in [6.45, 7) is 1.96. The first-order valence-electron chi connectivity index (χ1n) is 12.0. The molecule has 0 bridgehead atoms. The number of alkyl halides is 3. The number of rotatable bonds is 8. The zero-order chi connectivity index (χ0) is 28.9. The number of aryl methyl sites for hydroxylation is 1. The lowest BCUT2D eigenvalue weighted by molar-refractivity contribution is -0.137. The molecule has 0 aliphatic rings. The van der Waals surface area contributed by atoms with Gasteiger partial charge in [0.15, 0.2) is 11.5 Å². The Labute approximate surface area is 233 Å². The normalized spacial score (nSPS) is 11.0. The predicted molar refractivity (Wildman–Crippen MR) is 148 cm³/mol. The first-order valence-corrected chi connectivity index (χ1v) is 13.0. The maximum absolute atomic E-state index is 13.4. The molecule has 1 amide bonds. The molecule has 4 rings (SSSR count). The molecule has 1 aromatic heterocycles. The van der Waals surface area contributed by atoms with Crippen LogP contribution >= 0.6 is 11.8 Å². The highest BCUT2D eigenvalue weighted by Gasteiger charge is 2.33. The second-order valence-electron chi connectivity index (χ2n) is 8.66. The van der Waals surface area contributed by atoms with Gasteiger partial charge in [-0.1, -0.05) is 59.8 Å². The van der Waals surface area contributed by atoms with Crippen LogP contribution in [0.25, 0.3) is 22.4 Å². The van der Waals surface area contributed by atoms with E-state index in [1.54, 1.807) is 24.3 Å². The Balaban J connectivity index is 1.73. The van der Waals surface area contributed by atoms with Crippen LogP contribution in [-0.4, -0.2) is 30.9 Å². The lowest BCUT2D eigenvalue weighted by atomic mass is 9.98. The van der Waals surface area contributed by atoms with Crippen molar-refractivity contribution in [3.8, 4) is 40.0 Å². The minimum atomic E-state index is -4.62. The monoisotopic (exact) mass is 563 g/mol. The zero-order valence-corrected chi connectivity index (χ0v) is 22.6. The summed E-state index contributed by atoms with van der Waals surface area (Å²) in [5.41, 5.74) is 2.57. The summed E-state index contributed by atoms with van der Waals surface area (Å²) in [5, 5.41) is 12.7. The van der Waals surface area contributed by atoms with Crippen molar-refractivity contribution in [3.63, 3.8) is 0 Å². The molecule has 40 heavy (non-hydrogen) atoms. The molecule has 10 heteroatoms. The summed E-state index contributed by atoms with van der Waals surface area (Å²) in [6.07, 6.45) is -4.62. The van der Waals surface area contributed by atoms with Gasteiger partial charge in [-0.15, -0.1) is 0 Å². The van der Waals surface area contributed by atoms with Gasteiger partial charge in [0.2, 0.25) is 5.91 Å². The number of carbonyl (C=O) groups excluding carboxylic acids is 1. The number of methoxy groups -OCH3 is 2. The van der Waals surface area contributed by atoms with Gasteiger partial charge in [0.25, 0.3) is 0 Å². The first kappa shape index (κ1) is 28.5. The van der Waals surface area contributed by atoms with Crippen LogP contribution < -0.4 is 14.8 Å². The first-order chi connectivity index (χ1) is 19.1. The lowest BCUT2D eigenvalue weighted by Gasteiger charge is -2.15. The summed E-state index contributed by atoms with van der Waals surface area (Å²) in [6, 6.07) is 21.6. The minimum Gasteiger partial charge on any atom is -0.493 e. The molecule has 0 saturated carbocycles. The summed E-state index contributed by atoms with van der Waals surface area (Å²) in [5.74, 6) is 0.0506. The lowest BCUT2D eigenvalue weighted by Crippen LogP contribution is -2.18. The highest BCUT2D eigenvalue weighted by Crippen LogP contribution is 2.38. The molecule has 0 spiro atoms. The largest absolute Gasteiger partial charge is 0.493 e. The Morgan fingerprint density at radius 2 is 1.65 bits per heavy atom. The van der Waals surface area contributed by atoms with Gasteiger partial charge in [-0.05, 0) is 42.8 Å². The number of ether oxygens (including phenoxy) is 2. The number of halogens is 3. The molecule has 0 aliphatic carbocycles.